The maximum Gasteiger partial charge on any atom is 0.307 e. The molecule has 25 heavy (non-hydrogen) atoms. The zero-order valence-electron chi connectivity index (χ0n) is 13.6. The van der Waals surface area contributed by atoms with Crippen LogP contribution in [0.5, 0.6) is 17.2 Å². The fraction of sp³-hybridized carbons (Fsp3) is 0.188. The average molecular weight is 347 g/mol. The number of ether oxygens (including phenoxy) is 3. The molecule has 2 rings (SSSR count). The summed E-state index contributed by atoms with van der Waals surface area (Å²) in [5.41, 5.74) is 7.97. The molecule has 0 saturated carbocycles. The van der Waals surface area contributed by atoms with E-state index in [1.165, 1.54) is 32.8 Å². The second kappa shape index (κ2) is 8.39. The molecule has 9 heteroatoms. The summed E-state index contributed by atoms with van der Waals surface area (Å²) in [6, 6.07) is 6.31. The average Bonchev–Trinajstić information content (AvgIpc) is 3.14. The van der Waals surface area contributed by atoms with Gasteiger partial charge in [-0.1, -0.05) is 0 Å². The minimum absolute atomic E-state index is 0.141. The quantitative estimate of drug-likeness (QED) is 0.540. The second-order valence-electron chi connectivity index (χ2n) is 4.69. The maximum atomic E-state index is 11.7. The molecule has 0 unspecified atom stereocenters. The van der Waals surface area contributed by atoms with Crippen LogP contribution in [0.2, 0.25) is 0 Å². The van der Waals surface area contributed by atoms with Crippen LogP contribution >= 0.6 is 0 Å². The Morgan fingerprint density at radius 3 is 2.48 bits per heavy atom. The van der Waals surface area contributed by atoms with E-state index in [4.69, 9.17) is 24.4 Å². The van der Waals surface area contributed by atoms with Gasteiger partial charge in [0.1, 0.15) is 0 Å². The fourth-order valence-corrected chi connectivity index (χ4v) is 1.89. The van der Waals surface area contributed by atoms with Gasteiger partial charge in [0.25, 0.3) is 5.91 Å². The predicted octanol–water partition coefficient (Wildman–Crippen LogP) is 0.925. The summed E-state index contributed by atoms with van der Waals surface area (Å²) in [5, 5.41) is 3.84. The highest BCUT2D eigenvalue weighted by atomic mass is 16.5. The standard InChI is InChI=1S/C16H17N3O6/c1-22-12-6-10(7-13(23-2)15(12)25-9-14(17)20)8-18-19-16(21)11-4-3-5-24-11/h3-8H,9H2,1-2H3,(H2,17,20)(H,19,21)/b18-8-. The zero-order valence-corrected chi connectivity index (χ0v) is 13.6. The summed E-state index contributed by atoms with van der Waals surface area (Å²) in [4.78, 5) is 22.6. The highest BCUT2D eigenvalue weighted by molar-refractivity contribution is 5.92. The number of hydrogen-bond donors (Lipinski definition) is 2. The van der Waals surface area contributed by atoms with Gasteiger partial charge in [-0.05, 0) is 24.3 Å². The molecule has 0 spiro atoms. The number of hydrogen-bond acceptors (Lipinski definition) is 7. The number of rotatable bonds is 8. The number of hydrazone groups is 1. The lowest BCUT2D eigenvalue weighted by atomic mass is 10.2. The van der Waals surface area contributed by atoms with Crippen LogP contribution in [0.15, 0.2) is 40.0 Å². The molecule has 2 amide bonds. The summed E-state index contributed by atoms with van der Waals surface area (Å²) in [6.45, 7) is -0.320. The minimum atomic E-state index is -0.629. The highest BCUT2D eigenvalue weighted by Gasteiger charge is 2.15. The number of primary amides is 1. The fourth-order valence-electron chi connectivity index (χ4n) is 1.89. The Morgan fingerprint density at radius 2 is 1.96 bits per heavy atom. The van der Waals surface area contributed by atoms with E-state index in [2.05, 4.69) is 10.5 Å². The van der Waals surface area contributed by atoms with Crippen molar-refractivity contribution in [3.05, 3.63) is 41.9 Å². The van der Waals surface area contributed by atoms with E-state index in [0.29, 0.717) is 17.1 Å². The van der Waals surface area contributed by atoms with Gasteiger partial charge in [-0.15, -0.1) is 0 Å². The lowest BCUT2D eigenvalue weighted by Gasteiger charge is -2.14. The van der Waals surface area contributed by atoms with Crippen molar-refractivity contribution in [1.82, 2.24) is 5.43 Å². The van der Waals surface area contributed by atoms with E-state index in [-0.39, 0.29) is 18.1 Å². The van der Waals surface area contributed by atoms with Crippen LogP contribution in [0.3, 0.4) is 0 Å². The lowest BCUT2D eigenvalue weighted by Crippen LogP contribution is -2.20. The van der Waals surface area contributed by atoms with Gasteiger partial charge in [-0.3, -0.25) is 9.59 Å². The molecule has 1 aromatic heterocycles. The number of carbonyl (C=O) groups is 2. The zero-order chi connectivity index (χ0) is 18.2. The Bertz CT molecular complexity index is 745. The number of nitrogens with one attached hydrogen (secondary N) is 1. The van der Waals surface area contributed by atoms with E-state index in [0.717, 1.165) is 0 Å². The van der Waals surface area contributed by atoms with E-state index in [1.54, 1.807) is 18.2 Å². The van der Waals surface area contributed by atoms with E-state index < -0.39 is 11.8 Å². The number of carbonyl (C=O) groups excluding carboxylic acids is 2. The third kappa shape index (κ3) is 4.74. The van der Waals surface area contributed by atoms with Crippen molar-refractivity contribution in [2.45, 2.75) is 0 Å². The van der Waals surface area contributed by atoms with Crippen LogP contribution in [0.4, 0.5) is 0 Å². The largest absolute Gasteiger partial charge is 0.493 e. The number of nitrogens with zero attached hydrogens (tertiary/aromatic N) is 1. The molecule has 0 fully saturated rings. The molecule has 0 aliphatic heterocycles. The van der Waals surface area contributed by atoms with Crippen LogP contribution in [0.25, 0.3) is 0 Å². The molecule has 132 valence electrons. The second-order valence-corrected chi connectivity index (χ2v) is 4.69. The Kier molecular flexibility index (Phi) is 5.99. The Labute approximate surface area is 143 Å². The van der Waals surface area contributed by atoms with Crippen molar-refractivity contribution in [3.63, 3.8) is 0 Å². The van der Waals surface area contributed by atoms with Crippen molar-refractivity contribution < 1.29 is 28.2 Å². The molecule has 0 bridgehead atoms. The van der Waals surface area contributed by atoms with Gasteiger partial charge in [0.2, 0.25) is 5.75 Å². The molecular weight excluding hydrogens is 330 g/mol. The first-order chi connectivity index (χ1) is 12.0. The van der Waals surface area contributed by atoms with Crippen molar-refractivity contribution in [2.24, 2.45) is 10.8 Å². The summed E-state index contributed by atoms with van der Waals surface area (Å²) < 4.78 is 20.7. The molecule has 1 aromatic carbocycles. The number of methoxy groups -OCH3 is 2. The number of furan rings is 1. The Morgan fingerprint density at radius 1 is 1.28 bits per heavy atom. The van der Waals surface area contributed by atoms with Crippen LogP contribution in [-0.2, 0) is 4.79 Å². The smallest absolute Gasteiger partial charge is 0.307 e. The molecule has 0 saturated heterocycles. The SMILES string of the molecule is COc1cc(/C=N\NC(=O)c2ccco2)cc(OC)c1OCC(N)=O. The molecule has 9 nitrogen and oxygen atoms in total. The first-order valence-corrected chi connectivity index (χ1v) is 7.09. The van der Waals surface area contributed by atoms with E-state index in [1.807, 2.05) is 0 Å². The Balaban J connectivity index is 2.16. The summed E-state index contributed by atoms with van der Waals surface area (Å²) in [5.74, 6) is -0.0983. The van der Waals surface area contributed by atoms with Gasteiger partial charge in [0, 0.05) is 5.56 Å². The predicted molar refractivity (Wildman–Crippen MR) is 88.0 cm³/mol. The normalized spacial score (nSPS) is 10.5. The number of amides is 2. The van der Waals surface area contributed by atoms with Crippen LogP contribution in [0, 0.1) is 0 Å². The highest BCUT2D eigenvalue weighted by Crippen LogP contribution is 2.38. The van der Waals surface area contributed by atoms with Gasteiger partial charge in [-0.2, -0.15) is 5.10 Å². The topological polar surface area (TPSA) is 125 Å². The third-order valence-electron chi connectivity index (χ3n) is 2.97. The van der Waals surface area contributed by atoms with E-state index >= 15 is 0 Å². The summed E-state index contributed by atoms with van der Waals surface area (Å²) in [6.07, 6.45) is 2.78. The first-order valence-electron chi connectivity index (χ1n) is 7.09. The summed E-state index contributed by atoms with van der Waals surface area (Å²) in [7, 11) is 2.87. The molecule has 0 aliphatic rings. The molecule has 0 aliphatic carbocycles. The molecule has 0 radical (unpaired) electrons. The Hall–Kier alpha value is -3.49. The third-order valence-corrected chi connectivity index (χ3v) is 2.97. The van der Waals surface area contributed by atoms with Crippen LogP contribution in [-0.4, -0.2) is 38.9 Å². The van der Waals surface area contributed by atoms with Crippen molar-refractivity contribution >= 4 is 18.0 Å². The molecule has 2 aromatic rings. The molecule has 0 atom stereocenters. The minimum Gasteiger partial charge on any atom is -0.493 e. The van der Waals surface area contributed by atoms with Crippen molar-refractivity contribution in [2.75, 3.05) is 20.8 Å². The van der Waals surface area contributed by atoms with Gasteiger partial charge < -0.3 is 24.4 Å². The molecular formula is C16H17N3O6. The number of benzene rings is 1. The van der Waals surface area contributed by atoms with E-state index in [9.17, 15) is 9.59 Å². The van der Waals surface area contributed by atoms with Gasteiger partial charge in [0.05, 0.1) is 26.7 Å². The maximum absolute atomic E-state index is 11.7. The van der Waals surface area contributed by atoms with Crippen molar-refractivity contribution in [3.8, 4) is 17.2 Å². The van der Waals surface area contributed by atoms with Gasteiger partial charge in [-0.25, -0.2) is 5.43 Å². The summed E-state index contributed by atoms with van der Waals surface area (Å²) >= 11 is 0. The number of nitrogens with two attached hydrogens (primary N) is 1. The molecule has 3 N–H and O–H groups in total. The van der Waals surface area contributed by atoms with Crippen LogP contribution in [0.1, 0.15) is 16.1 Å². The lowest BCUT2D eigenvalue weighted by molar-refractivity contribution is -0.120. The monoisotopic (exact) mass is 347 g/mol. The van der Waals surface area contributed by atoms with Crippen LogP contribution < -0.4 is 25.4 Å². The van der Waals surface area contributed by atoms with Gasteiger partial charge in [0.15, 0.2) is 23.9 Å². The van der Waals surface area contributed by atoms with Gasteiger partial charge >= 0.3 is 5.91 Å². The molecule has 1 heterocycles. The van der Waals surface area contributed by atoms with Crippen molar-refractivity contribution in [1.29, 1.82) is 0 Å². The first kappa shape index (κ1) is 17.9.